The molecule has 0 amide bonds. The highest BCUT2D eigenvalue weighted by Crippen LogP contribution is 2.28. The van der Waals surface area contributed by atoms with Crippen LogP contribution in [0.2, 0.25) is 0 Å². The SMILES string of the molecule is S=c1nc(-c2ncc(Br)cc2Br)[nH]c2c1CCCC2. The first-order valence-electron chi connectivity index (χ1n) is 6.08. The van der Waals surface area contributed by atoms with Crippen molar-refractivity contribution in [2.24, 2.45) is 0 Å². The minimum atomic E-state index is 0.708. The van der Waals surface area contributed by atoms with Crippen LogP contribution >= 0.6 is 44.1 Å². The monoisotopic (exact) mass is 399 g/mol. The summed E-state index contributed by atoms with van der Waals surface area (Å²) in [6, 6.07) is 1.96. The molecular weight excluding hydrogens is 390 g/mol. The fourth-order valence-corrected chi connectivity index (χ4v) is 3.81. The van der Waals surface area contributed by atoms with Crippen LogP contribution in [0, 0.1) is 4.64 Å². The number of pyridine rings is 1. The summed E-state index contributed by atoms with van der Waals surface area (Å²) in [5.41, 5.74) is 3.22. The molecule has 2 aromatic rings. The summed E-state index contributed by atoms with van der Waals surface area (Å²) in [5.74, 6) is 0.741. The van der Waals surface area contributed by atoms with Gasteiger partial charge in [0.2, 0.25) is 0 Å². The van der Waals surface area contributed by atoms with Crippen molar-refractivity contribution in [3.05, 3.63) is 37.1 Å². The van der Waals surface area contributed by atoms with Gasteiger partial charge in [0.15, 0.2) is 5.82 Å². The molecule has 98 valence electrons. The largest absolute Gasteiger partial charge is 0.342 e. The zero-order valence-electron chi connectivity index (χ0n) is 10.0. The maximum absolute atomic E-state index is 5.41. The third kappa shape index (κ3) is 2.66. The number of nitrogens with one attached hydrogen (secondary N) is 1. The number of halogens is 2. The molecule has 0 saturated heterocycles. The number of aryl methyl sites for hydroxylation is 1. The maximum atomic E-state index is 5.41. The molecule has 1 N–H and O–H groups in total. The molecular formula is C13H11Br2N3S. The summed E-state index contributed by atoms with van der Waals surface area (Å²) in [6.07, 6.45) is 6.25. The van der Waals surface area contributed by atoms with Crippen LogP contribution in [0.25, 0.3) is 11.5 Å². The van der Waals surface area contributed by atoms with Gasteiger partial charge in [-0.2, -0.15) is 0 Å². The molecule has 0 radical (unpaired) electrons. The number of aromatic nitrogens is 3. The topological polar surface area (TPSA) is 41.6 Å². The summed E-state index contributed by atoms with van der Waals surface area (Å²) < 4.78 is 2.54. The van der Waals surface area contributed by atoms with E-state index >= 15 is 0 Å². The van der Waals surface area contributed by atoms with Gasteiger partial charge in [-0.15, -0.1) is 0 Å². The zero-order chi connectivity index (χ0) is 13.4. The van der Waals surface area contributed by atoms with Crippen LogP contribution in [0.15, 0.2) is 21.2 Å². The standard InChI is InChI=1S/C13H11Br2N3S/c14-7-5-9(15)11(16-6-7)12-17-10-4-2-1-3-8(10)13(19)18-12/h5-6H,1-4H2,(H,17,18,19). The van der Waals surface area contributed by atoms with E-state index in [1.54, 1.807) is 6.20 Å². The van der Waals surface area contributed by atoms with Crippen LogP contribution in [-0.4, -0.2) is 15.0 Å². The van der Waals surface area contributed by atoms with Crippen molar-refractivity contribution in [2.75, 3.05) is 0 Å². The molecule has 0 unspecified atom stereocenters. The first-order valence-corrected chi connectivity index (χ1v) is 8.08. The second-order valence-electron chi connectivity index (χ2n) is 4.54. The normalized spacial score (nSPS) is 14.2. The lowest BCUT2D eigenvalue weighted by atomic mass is 9.97. The minimum absolute atomic E-state index is 0.708. The average Bonchev–Trinajstić information content (AvgIpc) is 2.38. The van der Waals surface area contributed by atoms with E-state index in [0.717, 1.165) is 33.3 Å². The van der Waals surface area contributed by atoms with Crippen LogP contribution in [0.3, 0.4) is 0 Å². The second-order valence-corrected chi connectivity index (χ2v) is 6.70. The fourth-order valence-electron chi connectivity index (χ4n) is 2.32. The highest BCUT2D eigenvalue weighted by atomic mass is 79.9. The van der Waals surface area contributed by atoms with E-state index in [4.69, 9.17) is 12.2 Å². The Balaban J connectivity index is 2.15. The minimum Gasteiger partial charge on any atom is -0.342 e. The lowest BCUT2D eigenvalue weighted by Gasteiger charge is -2.16. The summed E-state index contributed by atoms with van der Waals surface area (Å²) in [5, 5.41) is 0. The molecule has 1 aliphatic rings. The lowest BCUT2D eigenvalue weighted by molar-refractivity contribution is 0.661. The van der Waals surface area contributed by atoms with E-state index in [-0.39, 0.29) is 0 Å². The fraction of sp³-hybridized carbons (Fsp3) is 0.308. The molecule has 0 bridgehead atoms. The zero-order valence-corrected chi connectivity index (χ0v) is 14.0. The Kier molecular flexibility index (Phi) is 3.82. The Hall–Kier alpha value is -0.590. The Morgan fingerprint density at radius 2 is 2.00 bits per heavy atom. The van der Waals surface area contributed by atoms with Crippen molar-refractivity contribution in [3.63, 3.8) is 0 Å². The molecule has 0 aromatic carbocycles. The summed E-state index contributed by atoms with van der Waals surface area (Å²) in [6.45, 7) is 0. The van der Waals surface area contributed by atoms with E-state index in [1.165, 1.54) is 24.1 Å². The van der Waals surface area contributed by atoms with E-state index in [0.29, 0.717) is 4.64 Å². The van der Waals surface area contributed by atoms with Crippen molar-refractivity contribution in [2.45, 2.75) is 25.7 Å². The predicted molar refractivity (Wildman–Crippen MR) is 84.7 cm³/mol. The highest BCUT2D eigenvalue weighted by Gasteiger charge is 2.15. The van der Waals surface area contributed by atoms with Crippen molar-refractivity contribution >= 4 is 44.1 Å². The third-order valence-electron chi connectivity index (χ3n) is 3.24. The Morgan fingerprint density at radius 3 is 2.79 bits per heavy atom. The lowest BCUT2D eigenvalue weighted by Crippen LogP contribution is -2.09. The van der Waals surface area contributed by atoms with E-state index in [1.807, 2.05) is 6.07 Å². The number of hydrogen-bond acceptors (Lipinski definition) is 3. The summed E-state index contributed by atoms with van der Waals surface area (Å²) in [4.78, 5) is 12.3. The molecule has 19 heavy (non-hydrogen) atoms. The smallest absolute Gasteiger partial charge is 0.159 e. The van der Waals surface area contributed by atoms with Gasteiger partial charge in [-0.3, -0.25) is 4.98 Å². The first kappa shape index (κ1) is 13.4. The highest BCUT2D eigenvalue weighted by molar-refractivity contribution is 9.11. The molecule has 2 aromatic heterocycles. The number of H-pyrrole nitrogens is 1. The number of rotatable bonds is 1. The molecule has 0 saturated carbocycles. The molecule has 0 spiro atoms. The summed E-state index contributed by atoms with van der Waals surface area (Å²) >= 11 is 12.3. The van der Waals surface area contributed by atoms with Gasteiger partial charge in [-0.25, -0.2) is 4.98 Å². The van der Waals surface area contributed by atoms with Gasteiger partial charge in [0.25, 0.3) is 0 Å². The van der Waals surface area contributed by atoms with Gasteiger partial charge >= 0.3 is 0 Å². The van der Waals surface area contributed by atoms with Gasteiger partial charge in [0.05, 0.1) is 0 Å². The van der Waals surface area contributed by atoms with Crippen molar-refractivity contribution in [1.82, 2.24) is 15.0 Å². The molecule has 0 fully saturated rings. The Labute approximate surface area is 133 Å². The predicted octanol–water partition coefficient (Wildman–Crippen LogP) is 4.60. The van der Waals surface area contributed by atoms with Gasteiger partial charge in [0.1, 0.15) is 10.3 Å². The molecule has 2 heterocycles. The van der Waals surface area contributed by atoms with E-state index in [2.05, 4.69) is 46.8 Å². The van der Waals surface area contributed by atoms with Crippen LogP contribution in [0.1, 0.15) is 24.1 Å². The molecule has 3 nitrogen and oxygen atoms in total. The van der Waals surface area contributed by atoms with Crippen LogP contribution < -0.4 is 0 Å². The number of hydrogen-bond donors (Lipinski definition) is 1. The molecule has 6 heteroatoms. The number of nitrogens with zero attached hydrogens (tertiary/aromatic N) is 2. The molecule has 0 atom stereocenters. The van der Waals surface area contributed by atoms with Crippen molar-refractivity contribution in [3.8, 4) is 11.5 Å². The van der Waals surface area contributed by atoms with Gasteiger partial charge in [-0.05, 0) is 63.6 Å². The van der Waals surface area contributed by atoms with Crippen LogP contribution in [0.5, 0.6) is 0 Å². The van der Waals surface area contributed by atoms with E-state index in [9.17, 15) is 0 Å². The first-order chi connectivity index (χ1) is 9.15. The number of aromatic amines is 1. The van der Waals surface area contributed by atoms with Gasteiger partial charge in [0, 0.05) is 26.4 Å². The van der Waals surface area contributed by atoms with Crippen molar-refractivity contribution < 1.29 is 0 Å². The summed E-state index contributed by atoms with van der Waals surface area (Å²) in [7, 11) is 0. The maximum Gasteiger partial charge on any atom is 0.159 e. The Morgan fingerprint density at radius 1 is 1.21 bits per heavy atom. The third-order valence-corrected chi connectivity index (χ3v) is 4.62. The average molecular weight is 401 g/mol. The number of fused-ring (bicyclic) bond motifs is 1. The molecule has 0 aliphatic heterocycles. The molecule has 3 rings (SSSR count). The van der Waals surface area contributed by atoms with Gasteiger partial charge in [-0.1, -0.05) is 12.2 Å². The second kappa shape index (κ2) is 5.42. The van der Waals surface area contributed by atoms with Crippen LogP contribution in [-0.2, 0) is 12.8 Å². The van der Waals surface area contributed by atoms with Crippen molar-refractivity contribution in [1.29, 1.82) is 0 Å². The van der Waals surface area contributed by atoms with Crippen LogP contribution in [0.4, 0.5) is 0 Å². The Bertz CT molecular complexity index is 697. The quantitative estimate of drug-likeness (QED) is 0.711. The van der Waals surface area contributed by atoms with Gasteiger partial charge < -0.3 is 4.98 Å². The molecule has 1 aliphatic carbocycles. The van der Waals surface area contributed by atoms with E-state index < -0.39 is 0 Å².